The normalized spacial score (nSPS) is 19.1. The average Bonchev–Trinajstić information content (AvgIpc) is 3.69. The molecule has 9 rings (SSSR count). The molecule has 1 saturated carbocycles. The van der Waals surface area contributed by atoms with Crippen molar-refractivity contribution in [2.75, 3.05) is 55.6 Å². The fourth-order valence-corrected chi connectivity index (χ4v) is 9.35. The highest BCUT2D eigenvalue weighted by Crippen LogP contribution is 2.44. The Kier molecular flexibility index (Phi) is 9.81. The Hall–Kier alpha value is -5.14. The van der Waals surface area contributed by atoms with E-state index in [9.17, 15) is 0 Å². The predicted octanol–water partition coefficient (Wildman–Crippen LogP) is 9.48. The van der Waals surface area contributed by atoms with Crippen molar-refractivity contribution in [3.8, 4) is 0 Å². The maximum Gasteiger partial charge on any atom is 0.217 e. The zero-order chi connectivity index (χ0) is 37.5. The number of halogens is 1. The lowest BCUT2D eigenvalue weighted by Crippen LogP contribution is -2.49. The number of hydrogen-bond donors (Lipinski definition) is 1. The molecule has 2 saturated heterocycles. The van der Waals surface area contributed by atoms with Crippen LogP contribution in [0.4, 0.5) is 15.8 Å². The number of unbranched alkanes of at least 4 members (excludes halogenated alkanes) is 1. The molecule has 0 amide bonds. The summed E-state index contributed by atoms with van der Waals surface area (Å²) < 4.78 is 15.0. The van der Waals surface area contributed by atoms with Crippen LogP contribution in [0.5, 0.6) is 0 Å². The molecule has 0 spiro atoms. The summed E-state index contributed by atoms with van der Waals surface area (Å²) in [6, 6.07) is 30.9. The topological polar surface area (TPSA) is 41.6 Å². The van der Waals surface area contributed by atoms with Crippen LogP contribution in [-0.2, 0) is 19.4 Å². The van der Waals surface area contributed by atoms with Crippen LogP contribution in [0.3, 0.4) is 0 Å². The quantitative estimate of drug-likeness (QED) is 0.102. The molecule has 55 heavy (non-hydrogen) atoms. The van der Waals surface area contributed by atoms with Crippen molar-refractivity contribution in [1.82, 2.24) is 20.0 Å². The monoisotopic (exact) mass is 732 g/mol. The molecule has 1 aromatic heterocycles. The summed E-state index contributed by atoms with van der Waals surface area (Å²) in [5.41, 5.74) is 13.9. The van der Waals surface area contributed by atoms with Crippen molar-refractivity contribution in [2.45, 2.75) is 57.5 Å². The van der Waals surface area contributed by atoms with Crippen molar-refractivity contribution in [1.29, 1.82) is 0 Å². The minimum absolute atomic E-state index is 0.363. The third kappa shape index (κ3) is 7.35. The number of aromatic nitrogens is 2. The van der Waals surface area contributed by atoms with Crippen molar-refractivity contribution in [2.24, 2.45) is 5.92 Å². The number of fused-ring (bicyclic) bond motifs is 2. The van der Waals surface area contributed by atoms with Gasteiger partial charge in [0.1, 0.15) is 0 Å². The molecule has 7 heteroatoms. The van der Waals surface area contributed by atoms with Gasteiger partial charge >= 0.3 is 0 Å². The van der Waals surface area contributed by atoms with Gasteiger partial charge in [0.25, 0.3) is 0 Å². The van der Waals surface area contributed by atoms with E-state index >= 15 is 4.39 Å². The zero-order valence-corrected chi connectivity index (χ0v) is 32.1. The third-order valence-electron chi connectivity index (χ3n) is 12.8. The molecule has 4 heterocycles. The second-order valence-corrected chi connectivity index (χ2v) is 16.3. The highest BCUT2D eigenvalue weighted by Gasteiger charge is 2.38. The van der Waals surface area contributed by atoms with Crippen LogP contribution in [0.1, 0.15) is 65.5 Å². The molecule has 6 nitrogen and oxygen atoms in total. The Bertz CT molecular complexity index is 2200. The smallest absolute Gasteiger partial charge is 0.217 e. The van der Waals surface area contributed by atoms with Gasteiger partial charge in [-0.1, -0.05) is 79.9 Å². The summed E-state index contributed by atoms with van der Waals surface area (Å²) in [7, 11) is 0. The predicted molar refractivity (Wildman–Crippen MR) is 226 cm³/mol. The molecule has 3 fully saturated rings. The number of piperazine rings is 1. The summed E-state index contributed by atoms with van der Waals surface area (Å²) >= 11 is 0. The number of hydrogen-bond acceptors (Lipinski definition) is 5. The summed E-state index contributed by atoms with van der Waals surface area (Å²) in [6.07, 6.45) is 7.35. The number of aromatic amines is 1. The van der Waals surface area contributed by atoms with Gasteiger partial charge in [-0.25, -0.2) is 0 Å². The van der Waals surface area contributed by atoms with Crippen molar-refractivity contribution in [3.63, 3.8) is 0 Å². The first kappa shape index (κ1) is 35.6. The molecular weight excluding hydrogens is 680 g/mol. The Balaban J connectivity index is 0.768. The number of nitrogens with one attached hydrogen (secondary N) is 1. The second kappa shape index (κ2) is 15.2. The Morgan fingerprint density at radius 2 is 1.51 bits per heavy atom. The van der Waals surface area contributed by atoms with E-state index in [1.807, 2.05) is 6.07 Å². The molecular formula is C48H53FN6. The lowest BCUT2D eigenvalue weighted by Gasteiger charge is -2.40. The lowest BCUT2D eigenvalue weighted by molar-refractivity contribution is 0.201. The van der Waals surface area contributed by atoms with Gasteiger partial charge in [-0.15, -0.1) is 0 Å². The number of aryl methyl sites for hydroxylation is 2. The van der Waals surface area contributed by atoms with Crippen molar-refractivity contribution in [3.05, 3.63) is 150 Å². The van der Waals surface area contributed by atoms with Crippen LogP contribution >= 0.6 is 0 Å². The second-order valence-electron chi connectivity index (χ2n) is 16.3. The zero-order valence-electron chi connectivity index (χ0n) is 32.1. The van der Waals surface area contributed by atoms with Gasteiger partial charge in [0, 0.05) is 75.0 Å². The highest BCUT2D eigenvalue weighted by molar-refractivity contribution is 5.91. The van der Waals surface area contributed by atoms with E-state index in [1.165, 1.54) is 53.0 Å². The van der Waals surface area contributed by atoms with E-state index in [0.717, 1.165) is 112 Å². The maximum absolute atomic E-state index is 15.0. The number of benzene rings is 4. The molecule has 3 aliphatic heterocycles. The molecule has 0 bridgehead atoms. The van der Waals surface area contributed by atoms with Crippen LogP contribution in [0.2, 0.25) is 0 Å². The van der Waals surface area contributed by atoms with Gasteiger partial charge in [-0.05, 0) is 115 Å². The summed E-state index contributed by atoms with van der Waals surface area (Å²) in [4.78, 5) is 10.2. The van der Waals surface area contributed by atoms with E-state index < -0.39 is 0 Å². The largest absolute Gasteiger partial charge is 0.372 e. The standard InChI is InChI=1S/C48H53FN6/c1-33-29-46(33)55-32-39-30-41(17-18-43(39)35(55)3)54-27-25-52(26-28-54)31-37-21-23-53(24-22-37)40-15-13-38(14-16-40)34(2)42-19-20-45-47(48(49)51-50-45)44(42)12-8-7-11-36-9-5-4-6-10-36/h4-6,9-10,13-20,30,37,46H,1-3,7-8,11-12,21-29,31-32H2,(H,50,51). The van der Waals surface area contributed by atoms with Crippen LogP contribution in [-0.4, -0.2) is 71.9 Å². The van der Waals surface area contributed by atoms with Crippen molar-refractivity contribution < 1.29 is 4.39 Å². The number of anilines is 2. The van der Waals surface area contributed by atoms with Crippen LogP contribution in [0.25, 0.3) is 22.2 Å². The van der Waals surface area contributed by atoms with Gasteiger partial charge in [0.15, 0.2) is 0 Å². The van der Waals surface area contributed by atoms with Gasteiger partial charge < -0.3 is 14.7 Å². The summed E-state index contributed by atoms with van der Waals surface area (Å²) in [6.45, 7) is 21.8. The Morgan fingerprint density at radius 3 is 2.25 bits per heavy atom. The van der Waals surface area contributed by atoms with Crippen LogP contribution < -0.4 is 9.80 Å². The van der Waals surface area contributed by atoms with E-state index in [1.54, 1.807) is 0 Å². The Morgan fingerprint density at radius 1 is 0.800 bits per heavy atom. The van der Waals surface area contributed by atoms with Crippen molar-refractivity contribution >= 4 is 33.5 Å². The molecule has 282 valence electrons. The van der Waals surface area contributed by atoms with Crippen LogP contribution in [0, 0.1) is 11.9 Å². The van der Waals surface area contributed by atoms with E-state index in [0.29, 0.717) is 16.9 Å². The minimum Gasteiger partial charge on any atom is -0.372 e. The fraction of sp³-hybridized carbons (Fsp3) is 0.354. The first-order valence-electron chi connectivity index (χ1n) is 20.4. The Labute approximate surface area is 325 Å². The van der Waals surface area contributed by atoms with Crippen LogP contribution in [0.15, 0.2) is 110 Å². The van der Waals surface area contributed by atoms with E-state index in [-0.39, 0.29) is 5.95 Å². The molecule has 0 radical (unpaired) electrons. The summed E-state index contributed by atoms with van der Waals surface area (Å²) in [5.74, 6) is 0.374. The van der Waals surface area contributed by atoms with E-state index in [2.05, 4.69) is 128 Å². The molecule has 5 aromatic rings. The molecule has 1 N–H and O–H groups in total. The van der Waals surface area contributed by atoms with Gasteiger partial charge in [0.2, 0.25) is 5.95 Å². The highest BCUT2D eigenvalue weighted by atomic mass is 19.1. The number of piperidine rings is 1. The average molecular weight is 733 g/mol. The minimum atomic E-state index is -0.363. The third-order valence-corrected chi connectivity index (χ3v) is 12.8. The van der Waals surface area contributed by atoms with Gasteiger partial charge in [-0.3, -0.25) is 10.00 Å². The number of nitrogens with zero attached hydrogens (tertiary/aromatic N) is 5. The molecule has 1 unspecified atom stereocenters. The summed E-state index contributed by atoms with van der Waals surface area (Å²) in [5, 5.41) is 7.38. The first-order valence-corrected chi connectivity index (χ1v) is 20.4. The first-order chi connectivity index (χ1) is 26.9. The molecule has 1 aliphatic carbocycles. The van der Waals surface area contributed by atoms with Gasteiger partial charge in [-0.2, -0.15) is 9.49 Å². The van der Waals surface area contributed by atoms with Gasteiger partial charge in [0.05, 0.1) is 16.9 Å². The SMILES string of the molecule is C=C(c1ccc(N2CCC(CN3CCN(c4ccc5c(c4)CN(C4CC4=C)C5=C)CC3)CC2)cc1)c1ccc2n[nH]c(F)c2c1CCCCc1ccccc1. The molecule has 4 aromatic carbocycles. The molecule has 4 aliphatic rings. The lowest BCUT2D eigenvalue weighted by atomic mass is 9.90. The number of H-pyrrole nitrogens is 1. The van der Waals surface area contributed by atoms with E-state index in [4.69, 9.17) is 0 Å². The molecule has 1 atom stereocenters. The number of rotatable bonds is 12. The fourth-order valence-electron chi connectivity index (χ4n) is 9.35. The maximum atomic E-state index is 15.0.